The summed E-state index contributed by atoms with van der Waals surface area (Å²) in [4.78, 5) is 36.6. The minimum atomic E-state index is -0.232. The van der Waals surface area contributed by atoms with Gasteiger partial charge in [0.1, 0.15) is 17.1 Å². The molecule has 34 heavy (non-hydrogen) atoms. The van der Waals surface area contributed by atoms with Crippen molar-refractivity contribution in [3.8, 4) is 11.5 Å². The van der Waals surface area contributed by atoms with E-state index in [1.807, 2.05) is 0 Å². The molecule has 11 heteroatoms. The van der Waals surface area contributed by atoms with Gasteiger partial charge in [0.05, 0.1) is 24.9 Å². The highest BCUT2D eigenvalue weighted by Crippen LogP contribution is 2.30. The summed E-state index contributed by atoms with van der Waals surface area (Å²) in [5.74, 6) is 8.59. The number of hydrazine groups is 1. The van der Waals surface area contributed by atoms with Crippen molar-refractivity contribution in [2.75, 3.05) is 18.5 Å². The number of aromatic nitrogens is 4. The summed E-state index contributed by atoms with van der Waals surface area (Å²) < 4.78 is 13.0. The number of rotatable bonds is 6. The molecule has 0 unspecified atom stereocenters. The zero-order chi connectivity index (χ0) is 23.7. The lowest BCUT2D eigenvalue weighted by Gasteiger charge is -2.33. The third-order valence-electron chi connectivity index (χ3n) is 6.47. The van der Waals surface area contributed by atoms with Crippen molar-refractivity contribution in [1.29, 1.82) is 0 Å². The molecule has 0 bridgehead atoms. The molecule has 0 spiro atoms. The third-order valence-corrected chi connectivity index (χ3v) is 6.47. The van der Waals surface area contributed by atoms with E-state index in [0.29, 0.717) is 47.7 Å². The van der Waals surface area contributed by atoms with Gasteiger partial charge in [-0.3, -0.25) is 20.4 Å². The number of ether oxygens (including phenoxy) is 2. The maximum absolute atomic E-state index is 12.0. The molecule has 3 aromatic rings. The van der Waals surface area contributed by atoms with E-state index < -0.39 is 0 Å². The van der Waals surface area contributed by atoms with Crippen LogP contribution in [0.2, 0.25) is 0 Å². The predicted octanol–water partition coefficient (Wildman–Crippen LogP) is 1.37. The average molecular weight is 466 g/mol. The second-order valence-corrected chi connectivity index (χ2v) is 8.77. The second kappa shape index (κ2) is 9.35. The Morgan fingerprint density at radius 3 is 2.85 bits per heavy atom. The van der Waals surface area contributed by atoms with Crippen molar-refractivity contribution in [2.45, 2.75) is 38.3 Å². The number of nitrogens with one attached hydrogen (secondary N) is 1. The molecular formula is C23H27N7O4. The van der Waals surface area contributed by atoms with Crippen LogP contribution in [0.5, 0.6) is 11.5 Å². The van der Waals surface area contributed by atoms with Gasteiger partial charge in [0.25, 0.3) is 11.5 Å². The van der Waals surface area contributed by atoms with Crippen LogP contribution in [-0.4, -0.2) is 49.7 Å². The van der Waals surface area contributed by atoms with E-state index in [1.54, 1.807) is 41.2 Å². The number of fused-ring (bicyclic) bond motifs is 2. The molecule has 2 aliphatic rings. The van der Waals surface area contributed by atoms with Gasteiger partial charge in [0, 0.05) is 31.4 Å². The van der Waals surface area contributed by atoms with Crippen molar-refractivity contribution >= 4 is 22.8 Å². The van der Waals surface area contributed by atoms with Gasteiger partial charge in [-0.2, -0.15) is 0 Å². The number of aryl methyl sites for hydroxylation is 1. The van der Waals surface area contributed by atoms with E-state index in [4.69, 9.17) is 15.3 Å². The summed E-state index contributed by atoms with van der Waals surface area (Å²) in [6, 6.07) is 5.25. The number of hydrogen-bond donors (Lipinski definition) is 2. The number of pyridine rings is 2. The molecule has 1 aliphatic heterocycles. The number of amides is 1. The van der Waals surface area contributed by atoms with Crippen molar-refractivity contribution in [3.63, 3.8) is 0 Å². The van der Waals surface area contributed by atoms with Crippen LogP contribution >= 0.6 is 0 Å². The first-order chi connectivity index (χ1) is 16.5. The highest BCUT2D eigenvalue weighted by atomic mass is 16.5. The molecule has 1 aliphatic carbocycles. The monoisotopic (exact) mass is 465 g/mol. The van der Waals surface area contributed by atoms with Gasteiger partial charge in [0.15, 0.2) is 18.2 Å². The standard InChI is InChI=1S/C23H27N7O4/c1-29-21(32)7-6-16-22(29)17(8-9-25-16)33-12-14-2-4-15(5-3-14)30(24)11-19-26-10-18-23(27-19)28-20(31)13-34-18/h6-10,14-15H,2-5,11-13,24H2,1H3,(H,26,27,28,31). The molecule has 3 aromatic heterocycles. The fraction of sp³-hybridized carbons (Fsp3) is 0.435. The highest BCUT2D eigenvalue weighted by Gasteiger charge is 2.26. The average Bonchev–Trinajstić information content (AvgIpc) is 2.85. The first-order valence-electron chi connectivity index (χ1n) is 11.4. The van der Waals surface area contributed by atoms with E-state index in [9.17, 15) is 9.59 Å². The van der Waals surface area contributed by atoms with E-state index in [1.165, 1.54) is 6.07 Å². The van der Waals surface area contributed by atoms with Gasteiger partial charge < -0.3 is 19.4 Å². The van der Waals surface area contributed by atoms with Crippen molar-refractivity contribution in [3.05, 3.63) is 46.8 Å². The largest absolute Gasteiger partial charge is 0.491 e. The normalized spacial score (nSPS) is 20.0. The molecule has 0 aromatic carbocycles. The number of hydrogen-bond acceptors (Lipinski definition) is 9. The zero-order valence-electron chi connectivity index (χ0n) is 18.9. The topological polar surface area (TPSA) is 137 Å². The molecule has 0 saturated heterocycles. The van der Waals surface area contributed by atoms with Gasteiger partial charge >= 0.3 is 0 Å². The van der Waals surface area contributed by atoms with Crippen LogP contribution in [0.3, 0.4) is 0 Å². The number of nitrogens with two attached hydrogens (primary N) is 1. The van der Waals surface area contributed by atoms with Crippen LogP contribution in [0.4, 0.5) is 5.82 Å². The Kier molecular flexibility index (Phi) is 6.12. The summed E-state index contributed by atoms with van der Waals surface area (Å²) in [5, 5.41) is 4.47. The van der Waals surface area contributed by atoms with Crippen LogP contribution in [0.1, 0.15) is 31.5 Å². The summed E-state index contributed by atoms with van der Waals surface area (Å²) in [6.45, 7) is 0.931. The summed E-state index contributed by atoms with van der Waals surface area (Å²) >= 11 is 0. The van der Waals surface area contributed by atoms with Crippen LogP contribution in [0.25, 0.3) is 11.0 Å². The number of nitrogens with zero attached hydrogens (tertiary/aromatic N) is 5. The van der Waals surface area contributed by atoms with Crippen LogP contribution in [0.15, 0.2) is 35.4 Å². The van der Waals surface area contributed by atoms with Crippen molar-refractivity contribution in [2.24, 2.45) is 18.8 Å². The molecule has 4 heterocycles. The molecule has 5 rings (SSSR count). The van der Waals surface area contributed by atoms with Gasteiger partial charge in [-0.1, -0.05) is 0 Å². The number of anilines is 1. The molecule has 1 fully saturated rings. The molecule has 3 N–H and O–H groups in total. The maximum Gasteiger partial charge on any atom is 0.263 e. The third kappa shape index (κ3) is 4.57. The van der Waals surface area contributed by atoms with E-state index in [2.05, 4.69) is 20.3 Å². The maximum atomic E-state index is 12.0. The van der Waals surface area contributed by atoms with Gasteiger partial charge in [-0.05, 0) is 37.7 Å². The molecular weight excluding hydrogens is 438 g/mol. The van der Waals surface area contributed by atoms with Crippen molar-refractivity contribution in [1.82, 2.24) is 24.5 Å². The number of carbonyl (C=O) groups excluding carboxylic acids is 1. The fourth-order valence-electron chi connectivity index (χ4n) is 4.53. The lowest BCUT2D eigenvalue weighted by atomic mass is 9.86. The Morgan fingerprint density at radius 2 is 2.03 bits per heavy atom. The second-order valence-electron chi connectivity index (χ2n) is 8.77. The minimum absolute atomic E-state index is 0.0266. The Morgan fingerprint density at radius 1 is 1.21 bits per heavy atom. The Balaban J connectivity index is 1.15. The SMILES string of the molecule is Cn1c(=O)ccc2nccc(OCC3CCC(N(N)Cc4ncc5c(n4)NC(=O)CO5)CC3)c21. The van der Waals surface area contributed by atoms with Crippen LogP contribution in [0, 0.1) is 5.92 Å². The lowest BCUT2D eigenvalue weighted by molar-refractivity contribution is -0.118. The smallest absolute Gasteiger partial charge is 0.263 e. The van der Waals surface area contributed by atoms with Crippen LogP contribution < -0.4 is 26.2 Å². The van der Waals surface area contributed by atoms with Crippen LogP contribution in [-0.2, 0) is 18.4 Å². The Hall–Kier alpha value is -3.57. The molecule has 0 radical (unpaired) electrons. The van der Waals surface area contributed by atoms with Gasteiger partial charge in [-0.15, -0.1) is 0 Å². The Labute approximate surface area is 195 Å². The van der Waals surface area contributed by atoms with Gasteiger partial charge in [-0.25, -0.2) is 15.0 Å². The lowest BCUT2D eigenvalue weighted by Crippen LogP contribution is -2.43. The first-order valence-corrected chi connectivity index (χ1v) is 11.4. The summed E-state index contributed by atoms with van der Waals surface area (Å²) in [7, 11) is 1.73. The minimum Gasteiger partial charge on any atom is -0.491 e. The van der Waals surface area contributed by atoms with E-state index >= 15 is 0 Å². The molecule has 178 valence electrons. The molecule has 1 saturated carbocycles. The zero-order valence-corrected chi connectivity index (χ0v) is 18.9. The Bertz CT molecular complexity index is 1270. The first kappa shape index (κ1) is 22.2. The quantitative estimate of drug-likeness (QED) is 0.408. The summed E-state index contributed by atoms with van der Waals surface area (Å²) in [6.07, 6.45) is 7.10. The van der Waals surface area contributed by atoms with Gasteiger partial charge in [0.2, 0.25) is 0 Å². The highest BCUT2D eigenvalue weighted by molar-refractivity contribution is 5.94. The summed E-state index contributed by atoms with van der Waals surface area (Å²) in [5.41, 5.74) is 1.35. The molecule has 1 amide bonds. The molecule has 0 atom stereocenters. The fourth-order valence-corrected chi connectivity index (χ4v) is 4.53. The molecule has 11 nitrogen and oxygen atoms in total. The van der Waals surface area contributed by atoms with E-state index in [-0.39, 0.29) is 24.1 Å². The predicted molar refractivity (Wildman–Crippen MR) is 124 cm³/mol. The van der Waals surface area contributed by atoms with Crippen molar-refractivity contribution < 1.29 is 14.3 Å². The van der Waals surface area contributed by atoms with E-state index in [0.717, 1.165) is 31.2 Å². The number of carbonyl (C=O) groups is 1.